The fourth-order valence-electron chi connectivity index (χ4n) is 6.28. The van der Waals surface area contributed by atoms with E-state index in [-0.39, 0.29) is 35.6 Å². The molecule has 1 aromatic rings. The molecule has 4 aliphatic rings. The molecular formula is C22H26NO6+. The number of likely N-dealkylation sites (N-methyl/N-ethyl adjacent to an activating group) is 1. The number of rotatable bonds is 4. The second kappa shape index (κ2) is 6.23. The summed E-state index contributed by atoms with van der Waals surface area (Å²) in [4.78, 5) is 24.3. The van der Waals surface area contributed by atoms with Crippen LogP contribution >= 0.6 is 0 Å². The van der Waals surface area contributed by atoms with E-state index in [1.807, 2.05) is 6.08 Å². The van der Waals surface area contributed by atoms with Crippen molar-refractivity contribution in [3.63, 3.8) is 0 Å². The molecule has 154 valence electrons. The molecule has 7 heteroatoms. The molecule has 0 aromatic heterocycles. The summed E-state index contributed by atoms with van der Waals surface area (Å²) in [5.74, 6) is -0.426. The normalized spacial score (nSPS) is 35.6. The van der Waals surface area contributed by atoms with Gasteiger partial charge in [0.2, 0.25) is 0 Å². The zero-order chi connectivity index (χ0) is 20.5. The first kappa shape index (κ1) is 18.5. The summed E-state index contributed by atoms with van der Waals surface area (Å²) in [7, 11) is 2.21. The Hall–Kier alpha value is -2.54. The Balaban J connectivity index is 1.70. The molecule has 2 aliphatic heterocycles. The van der Waals surface area contributed by atoms with Crippen molar-refractivity contribution < 1.29 is 34.2 Å². The van der Waals surface area contributed by atoms with E-state index in [1.54, 1.807) is 6.07 Å². The first-order valence-electron chi connectivity index (χ1n) is 10.3. The number of carboxylic acids is 1. The lowest BCUT2D eigenvalue weighted by molar-refractivity contribution is -0.917. The largest absolute Gasteiger partial charge is 0.504 e. The highest BCUT2D eigenvalue weighted by Crippen LogP contribution is 2.61. The zero-order valence-electron chi connectivity index (χ0n) is 16.6. The number of phenolic OH excluding ortho intramolecular Hbond substituents is 1. The topological polar surface area (TPSA) is 97.5 Å². The maximum Gasteiger partial charge on any atom is 0.303 e. The smallest absolute Gasteiger partial charge is 0.303 e. The Morgan fingerprint density at radius 1 is 1.38 bits per heavy atom. The van der Waals surface area contributed by atoms with Gasteiger partial charge in [-0.15, -0.1) is 0 Å². The molecule has 7 nitrogen and oxygen atoms in total. The quantitative estimate of drug-likeness (QED) is 0.499. The SMILES string of the molecule is CC(=O)O[C@H]1C=CC2[C@H]3Cc4c(CCC(=O)O)cc(O)c5c4[C@@]2(CC[NH+]3C)[C@H]1O5. The standard InChI is InChI=1S/C22H25NO6/c1-11(24)28-17-5-4-14-15-10-13-12(3-6-18(26)27)9-16(25)20-19(13)22(14,21(17)29-20)7-8-23(15)2/h4-5,9,14-15,17,21,25H,3,6-8,10H2,1-2H3,(H,26,27)/p+1/t14?,15-,17+,21+,22+/m1/s1. The molecule has 2 bridgehead atoms. The summed E-state index contributed by atoms with van der Waals surface area (Å²) in [6, 6.07) is 2.01. The van der Waals surface area contributed by atoms with E-state index in [1.165, 1.54) is 11.8 Å². The third-order valence-corrected chi connectivity index (χ3v) is 7.41. The highest BCUT2D eigenvalue weighted by atomic mass is 16.6. The van der Waals surface area contributed by atoms with Crippen molar-refractivity contribution in [2.24, 2.45) is 5.92 Å². The monoisotopic (exact) mass is 400 g/mol. The minimum Gasteiger partial charge on any atom is -0.504 e. The number of aromatic hydroxyl groups is 1. The van der Waals surface area contributed by atoms with Gasteiger partial charge < -0.3 is 24.6 Å². The number of carbonyl (C=O) groups excluding carboxylic acids is 1. The van der Waals surface area contributed by atoms with Gasteiger partial charge in [-0.1, -0.05) is 6.08 Å². The molecule has 29 heavy (non-hydrogen) atoms. The van der Waals surface area contributed by atoms with Crippen LogP contribution in [0.3, 0.4) is 0 Å². The van der Waals surface area contributed by atoms with E-state index in [0.29, 0.717) is 18.2 Å². The molecule has 1 saturated heterocycles. The van der Waals surface area contributed by atoms with E-state index < -0.39 is 12.1 Å². The number of piperidine rings is 1. The molecule has 2 heterocycles. The average Bonchev–Trinajstić information content (AvgIpc) is 3.01. The van der Waals surface area contributed by atoms with Gasteiger partial charge in [0.1, 0.15) is 0 Å². The van der Waals surface area contributed by atoms with Crippen LogP contribution in [0, 0.1) is 5.92 Å². The number of hydrogen-bond donors (Lipinski definition) is 3. The van der Waals surface area contributed by atoms with Crippen LogP contribution in [-0.4, -0.2) is 54.0 Å². The Kier molecular flexibility index (Phi) is 3.97. The molecule has 0 saturated carbocycles. The predicted molar refractivity (Wildman–Crippen MR) is 102 cm³/mol. The lowest BCUT2D eigenvalue weighted by Gasteiger charge is -2.54. The molecule has 0 radical (unpaired) electrons. The number of phenols is 1. The van der Waals surface area contributed by atoms with E-state index >= 15 is 0 Å². The van der Waals surface area contributed by atoms with Crippen molar-refractivity contribution in [1.29, 1.82) is 0 Å². The average molecular weight is 400 g/mol. The van der Waals surface area contributed by atoms with E-state index in [2.05, 4.69) is 13.1 Å². The van der Waals surface area contributed by atoms with Crippen LogP contribution in [0.4, 0.5) is 0 Å². The maximum atomic E-state index is 11.7. The molecule has 0 amide bonds. The van der Waals surface area contributed by atoms with E-state index in [0.717, 1.165) is 36.1 Å². The fourth-order valence-corrected chi connectivity index (χ4v) is 6.28. The molecule has 1 spiro atoms. The molecule has 3 N–H and O–H groups in total. The highest BCUT2D eigenvalue weighted by Gasteiger charge is 2.66. The number of hydrogen-bond acceptors (Lipinski definition) is 5. The molecule has 1 aromatic carbocycles. The summed E-state index contributed by atoms with van der Waals surface area (Å²) in [5.41, 5.74) is 2.69. The number of aliphatic carboxylic acids is 1. The van der Waals surface area contributed by atoms with Gasteiger partial charge in [-0.25, -0.2) is 0 Å². The van der Waals surface area contributed by atoms with Gasteiger partial charge >= 0.3 is 11.9 Å². The number of esters is 1. The van der Waals surface area contributed by atoms with Gasteiger partial charge in [-0.05, 0) is 29.7 Å². The molecular weight excluding hydrogens is 374 g/mol. The minimum absolute atomic E-state index is 0.0231. The Morgan fingerprint density at radius 3 is 2.90 bits per heavy atom. The van der Waals surface area contributed by atoms with Crippen molar-refractivity contribution in [3.05, 3.63) is 34.9 Å². The van der Waals surface area contributed by atoms with Crippen LogP contribution < -0.4 is 9.64 Å². The van der Waals surface area contributed by atoms with Crippen molar-refractivity contribution in [2.75, 3.05) is 13.6 Å². The van der Waals surface area contributed by atoms with Gasteiger partial charge in [0.15, 0.2) is 23.7 Å². The molecule has 1 fully saturated rings. The molecule has 6 atom stereocenters. The summed E-state index contributed by atoms with van der Waals surface area (Å²) in [6.07, 6.45) is 5.36. The number of ether oxygens (including phenoxy) is 2. The maximum absolute atomic E-state index is 11.7. The number of aryl methyl sites for hydroxylation is 1. The van der Waals surface area contributed by atoms with E-state index in [4.69, 9.17) is 9.47 Å². The zero-order valence-corrected chi connectivity index (χ0v) is 16.6. The number of quaternary nitrogens is 1. The number of likely N-dealkylation sites (tertiary alicyclic amines) is 1. The van der Waals surface area contributed by atoms with Crippen LogP contribution in [0.1, 0.15) is 36.5 Å². The lowest BCUT2D eigenvalue weighted by Crippen LogP contribution is -3.16. The van der Waals surface area contributed by atoms with Gasteiger partial charge in [-0.2, -0.15) is 0 Å². The summed E-state index contributed by atoms with van der Waals surface area (Å²) < 4.78 is 11.9. The third-order valence-electron chi connectivity index (χ3n) is 7.41. The first-order valence-corrected chi connectivity index (χ1v) is 10.3. The molecule has 2 aliphatic carbocycles. The summed E-state index contributed by atoms with van der Waals surface area (Å²) in [6.45, 7) is 2.37. The number of nitrogens with one attached hydrogen (secondary N) is 1. The van der Waals surface area contributed by atoms with Crippen molar-refractivity contribution in [3.8, 4) is 11.5 Å². The number of carbonyl (C=O) groups is 2. The second-order valence-electron chi connectivity index (χ2n) is 8.85. The third kappa shape index (κ3) is 2.46. The van der Waals surface area contributed by atoms with Gasteiger partial charge in [0.25, 0.3) is 0 Å². The van der Waals surface area contributed by atoms with Crippen LogP contribution in [0.5, 0.6) is 11.5 Å². The summed E-state index contributed by atoms with van der Waals surface area (Å²) in [5, 5.41) is 19.9. The van der Waals surface area contributed by atoms with Crippen LogP contribution in [0.2, 0.25) is 0 Å². The van der Waals surface area contributed by atoms with Crippen molar-refractivity contribution in [1.82, 2.24) is 0 Å². The fraction of sp³-hybridized carbons (Fsp3) is 0.545. The molecule has 5 rings (SSSR count). The van der Waals surface area contributed by atoms with Crippen molar-refractivity contribution >= 4 is 11.9 Å². The Morgan fingerprint density at radius 2 is 2.17 bits per heavy atom. The second-order valence-corrected chi connectivity index (χ2v) is 8.85. The van der Waals surface area contributed by atoms with Crippen molar-refractivity contribution in [2.45, 2.75) is 56.3 Å². The van der Waals surface area contributed by atoms with Crippen LogP contribution in [-0.2, 0) is 32.6 Å². The van der Waals surface area contributed by atoms with Gasteiger partial charge in [0.05, 0.1) is 25.0 Å². The summed E-state index contributed by atoms with van der Waals surface area (Å²) >= 11 is 0. The lowest BCUT2D eigenvalue weighted by atomic mass is 9.53. The highest BCUT2D eigenvalue weighted by molar-refractivity contribution is 5.69. The Bertz CT molecular complexity index is 940. The number of benzene rings is 1. The number of carboxylic acid groups (broad SMARTS) is 1. The predicted octanol–water partition coefficient (Wildman–Crippen LogP) is 0.369. The van der Waals surface area contributed by atoms with Crippen LogP contribution in [0.25, 0.3) is 0 Å². The van der Waals surface area contributed by atoms with Crippen LogP contribution in [0.15, 0.2) is 18.2 Å². The van der Waals surface area contributed by atoms with E-state index in [9.17, 15) is 19.8 Å². The molecule has 2 unspecified atom stereocenters. The first-order chi connectivity index (χ1) is 13.8. The van der Waals surface area contributed by atoms with Gasteiger partial charge in [0, 0.05) is 37.7 Å². The minimum atomic E-state index is -0.850. The van der Waals surface area contributed by atoms with Gasteiger partial charge in [-0.3, -0.25) is 9.59 Å². The Labute approximate surface area is 168 Å².